The number of nitrogens with two attached hydrogens (primary N) is 1. The molecule has 0 aromatic heterocycles. The van der Waals surface area contributed by atoms with Crippen LogP contribution in [0.1, 0.15) is 25.8 Å². The topological polar surface area (TPSA) is 35.2 Å². The van der Waals surface area contributed by atoms with Crippen LogP contribution in [0.2, 0.25) is 0 Å². The van der Waals surface area contributed by atoms with Gasteiger partial charge < -0.3 is 10.5 Å². The van der Waals surface area contributed by atoms with Gasteiger partial charge in [0, 0.05) is 5.70 Å². The van der Waals surface area contributed by atoms with E-state index in [2.05, 4.69) is 26.5 Å². The van der Waals surface area contributed by atoms with Crippen molar-refractivity contribution < 1.29 is 4.74 Å². The van der Waals surface area contributed by atoms with Crippen molar-refractivity contribution in [3.8, 4) is 5.75 Å². The van der Waals surface area contributed by atoms with Gasteiger partial charge in [0.2, 0.25) is 0 Å². The molecule has 0 saturated carbocycles. The lowest BCUT2D eigenvalue weighted by Gasteiger charge is -2.08. The molecule has 0 fully saturated rings. The van der Waals surface area contributed by atoms with E-state index in [1.165, 1.54) is 0 Å². The Balaban J connectivity index is 2.52. The van der Waals surface area contributed by atoms with Gasteiger partial charge in [0.25, 0.3) is 0 Å². The lowest BCUT2D eigenvalue weighted by atomic mass is 10.1. The van der Waals surface area contributed by atoms with Crippen molar-refractivity contribution in [1.29, 1.82) is 0 Å². The highest BCUT2D eigenvalue weighted by molar-refractivity contribution is 7.83. The maximum atomic E-state index is 5.73. The lowest BCUT2D eigenvalue weighted by Crippen LogP contribution is -2.01. The second-order valence-electron chi connectivity index (χ2n) is 4.14. The zero-order chi connectivity index (χ0) is 12.0. The predicted octanol–water partition coefficient (Wildman–Crippen LogP) is 3.30. The number of rotatable bonds is 5. The highest BCUT2D eigenvalue weighted by atomic mass is 32.1. The fourth-order valence-corrected chi connectivity index (χ4v) is 1.38. The minimum Gasteiger partial charge on any atom is -0.494 e. The van der Waals surface area contributed by atoms with Gasteiger partial charge in [0.15, 0.2) is 0 Å². The van der Waals surface area contributed by atoms with Crippen LogP contribution in [0.3, 0.4) is 0 Å². The second kappa shape index (κ2) is 6.48. The Bertz CT molecular complexity index is 343. The first-order valence-corrected chi connectivity index (χ1v) is 5.98. The molecular weight excluding hydrogens is 218 g/mol. The molecule has 2 N–H and O–H groups in total. The summed E-state index contributed by atoms with van der Waals surface area (Å²) in [7, 11) is 0. The highest BCUT2D eigenvalue weighted by Gasteiger charge is 1.98. The summed E-state index contributed by atoms with van der Waals surface area (Å²) in [5.74, 6) is 1.55. The molecule has 1 aromatic carbocycles. The Kier molecular flexibility index (Phi) is 5.26. The van der Waals surface area contributed by atoms with E-state index >= 15 is 0 Å². The lowest BCUT2D eigenvalue weighted by molar-refractivity contribution is 0.289. The fourth-order valence-electron chi connectivity index (χ4n) is 1.23. The van der Waals surface area contributed by atoms with Crippen LogP contribution in [0.4, 0.5) is 0 Å². The third-order valence-corrected chi connectivity index (χ3v) is 2.57. The zero-order valence-electron chi connectivity index (χ0n) is 9.81. The Hall–Kier alpha value is -1.09. The van der Waals surface area contributed by atoms with Crippen molar-refractivity contribution in [2.75, 3.05) is 6.61 Å². The average Bonchev–Trinajstić information content (AvgIpc) is 2.28. The molecule has 2 nitrogen and oxygen atoms in total. The third-order valence-electron chi connectivity index (χ3n) is 2.29. The largest absolute Gasteiger partial charge is 0.494 e. The molecule has 0 aliphatic heterocycles. The monoisotopic (exact) mass is 237 g/mol. The Morgan fingerprint density at radius 2 is 2.00 bits per heavy atom. The van der Waals surface area contributed by atoms with Gasteiger partial charge in [0.1, 0.15) is 5.75 Å². The van der Waals surface area contributed by atoms with Crippen LogP contribution in [-0.4, -0.2) is 6.61 Å². The van der Waals surface area contributed by atoms with E-state index in [9.17, 15) is 0 Å². The number of benzene rings is 1. The first-order chi connectivity index (χ1) is 7.63. The Morgan fingerprint density at radius 1 is 1.38 bits per heavy atom. The number of thiol groups is 1. The number of hydrogen-bond acceptors (Lipinski definition) is 3. The summed E-state index contributed by atoms with van der Waals surface area (Å²) in [6.45, 7) is 5.13. The minimum absolute atomic E-state index is 0.664. The van der Waals surface area contributed by atoms with Crippen molar-refractivity contribution in [2.24, 2.45) is 11.7 Å². The molecule has 0 unspecified atom stereocenters. The molecule has 3 heteroatoms. The van der Waals surface area contributed by atoms with Crippen LogP contribution in [-0.2, 0) is 0 Å². The maximum absolute atomic E-state index is 5.73. The predicted molar refractivity (Wildman–Crippen MR) is 72.5 cm³/mol. The van der Waals surface area contributed by atoms with Crippen LogP contribution >= 0.6 is 12.6 Å². The molecule has 0 heterocycles. The van der Waals surface area contributed by atoms with E-state index in [0.717, 1.165) is 24.3 Å². The summed E-state index contributed by atoms with van der Waals surface area (Å²) in [6, 6.07) is 7.74. The summed E-state index contributed by atoms with van der Waals surface area (Å²) in [6.07, 6.45) is 1.07. The molecule has 0 spiro atoms. The smallest absolute Gasteiger partial charge is 0.119 e. The van der Waals surface area contributed by atoms with Crippen molar-refractivity contribution in [3.63, 3.8) is 0 Å². The van der Waals surface area contributed by atoms with Crippen molar-refractivity contribution >= 4 is 18.3 Å². The van der Waals surface area contributed by atoms with E-state index < -0.39 is 0 Å². The summed E-state index contributed by atoms with van der Waals surface area (Å²) >= 11 is 4.01. The molecule has 0 bridgehead atoms. The normalized spacial score (nSPS) is 11.9. The molecule has 88 valence electrons. The van der Waals surface area contributed by atoms with Crippen LogP contribution in [0.25, 0.3) is 5.70 Å². The van der Waals surface area contributed by atoms with Crippen molar-refractivity contribution in [1.82, 2.24) is 0 Å². The van der Waals surface area contributed by atoms with E-state index in [-0.39, 0.29) is 0 Å². The van der Waals surface area contributed by atoms with Crippen molar-refractivity contribution in [3.05, 3.63) is 35.2 Å². The molecular formula is C13H19NOS. The molecule has 1 aromatic rings. The van der Waals surface area contributed by atoms with Crippen LogP contribution in [0.15, 0.2) is 29.7 Å². The second-order valence-corrected chi connectivity index (χ2v) is 4.40. The molecule has 0 atom stereocenters. The summed E-state index contributed by atoms with van der Waals surface area (Å²) in [5, 5.41) is 1.59. The Morgan fingerprint density at radius 3 is 2.50 bits per heavy atom. The molecule has 16 heavy (non-hydrogen) atoms. The molecule has 0 radical (unpaired) electrons. The average molecular weight is 237 g/mol. The highest BCUT2D eigenvalue weighted by Crippen LogP contribution is 2.16. The zero-order valence-corrected chi connectivity index (χ0v) is 10.7. The van der Waals surface area contributed by atoms with Gasteiger partial charge in [-0.1, -0.05) is 13.8 Å². The van der Waals surface area contributed by atoms with Gasteiger partial charge in [-0.15, -0.1) is 12.6 Å². The molecule has 0 saturated heterocycles. The number of ether oxygens (including phenoxy) is 1. The summed E-state index contributed by atoms with van der Waals surface area (Å²) in [5.41, 5.74) is 7.36. The van der Waals surface area contributed by atoms with Gasteiger partial charge in [-0.25, -0.2) is 0 Å². The molecule has 1 rings (SSSR count). The molecule has 0 aliphatic rings. The minimum atomic E-state index is 0.664. The number of hydrogen-bond donors (Lipinski definition) is 2. The fraction of sp³-hybridized carbons (Fsp3) is 0.385. The standard InChI is InChI=1S/C13H19NOS/c1-10(2)7-8-15-12-5-3-11(4-6-12)13(14)9-16/h3-6,9-10,16H,7-8,14H2,1-2H3/b13-9-. The van der Waals surface area contributed by atoms with Crippen LogP contribution in [0, 0.1) is 5.92 Å². The van der Waals surface area contributed by atoms with Gasteiger partial charge >= 0.3 is 0 Å². The first kappa shape index (κ1) is 13.0. The maximum Gasteiger partial charge on any atom is 0.119 e. The first-order valence-electron chi connectivity index (χ1n) is 5.46. The molecule has 0 amide bonds. The van der Waals surface area contributed by atoms with Gasteiger partial charge in [-0.05, 0) is 47.6 Å². The van der Waals surface area contributed by atoms with Crippen molar-refractivity contribution in [2.45, 2.75) is 20.3 Å². The van der Waals surface area contributed by atoms with Gasteiger partial charge in [0.05, 0.1) is 6.61 Å². The van der Waals surface area contributed by atoms with Gasteiger partial charge in [-0.2, -0.15) is 0 Å². The van der Waals surface area contributed by atoms with E-state index in [4.69, 9.17) is 10.5 Å². The van der Waals surface area contributed by atoms with Gasteiger partial charge in [-0.3, -0.25) is 0 Å². The van der Waals surface area contributed by atoms with Crippen LogP contribution < -0.4 is 10.5 Å². The van der Waals surface area contributed by atoms with E-state index in [1.807, 2.05) is 24.3 Å². The Labute approximate surface area is 103 Å². The quantitative estimate of drug-likeness (QED) is 0.771. The third kappa shape index (κ3) is 4.19. The molecule has 0 aliphatic carbocycles. The van der Waals surface area contributed by atoms with E-state index in [0.29, 0.717) is 11.6 Å². The van der Waals surface area contributed by atoms with Crippen LogP contribution in [0.5, 0.6) is 5.75 Å². The van der Waals surface area contributed by atoms with E-state index in [1.54, 1.807) is 5.41 Å². The summed E-state index contributed by atoms with van der Waals surface area (Å²) < 4.78 is 5.61. The summed E-state index contributed by atoms with van der Waals surface area (Å²) in [4.78, 5) is 0. The SMILES string of the molecule is CC(C)CCOc1ccc(/C(N)=C/S)cc1.